The smallest absolute Gasteiger partial charge is 0.250 e. The van der Waals surface area contributed by atoms with E-state index in [2.05, 4.69) is 27.1 Å². The van der Waals surface area contributed by atoms with Crippen molar-refractivity contribution in [3.05, 3.63) is 60.9 Å². The Balaban J connectivity index is 1.74. The molecular formula is C16H16N4O2S. The van der Waals surface area contributed by atoms with Gasteiger partial charge in [-0.1, -0.05) is 24.4 Å². The highest BCUT2D eigenvalue weighted by Gasteiger charge is 2.02. The average molecular weight is 328 g/mol. The number of amides is 1. The fourth-order valence-corrected chi connectivity index (χ4v) is 2.10. The third-order valence-electron chi connectivity index (χ3n) is 2.53. The number of ether oxygens (including phenoxy) is 1. The van der Waals surface area contributed by atoms with Gasteiger partial charge in [-0.05, 0) is 35.9 Å². The first-order valence-electron chi connectivity index (χ1n) is 6.83. The molecule has 0 aliphatic rings. The van der Waals surface area contributed by atoms with E-state index in [0.717, 1.165) is 11.3 Å². The van der Waals surface area contributed by atoms with Crippen molar-refractivity contribution < 1.29 is 9.53 Å². The lowest BCUT2D eigenvalue weighted by molar-refractivity contribution is -0.118. The fourth-order valence-electron chi connectivity index (χ4n) is 1.51. The Bertz CT molecular complexity index is 660. The molecule has 1 heterocycles. The molecule has 0 aliphatic carbocycles. The van der Waals surface area contributed by atoms with Crippen LogP contribution in [0.25, 0.3) is 0 Å². The molecule has 0 saturated carbocycles. The van der Waals surface area contributed by atoms with E-state index in [1.807, 2.05) is 24.3 Å². The van der Waals surface area contributed by atoms with Crippen molar-refractivity contribution in [1.82, 2.24) is 15.4 Å². The Labute approximate surface area is 138 Å². The molecule has 1 aromatic carbocycles. The number of thioether (sulfide) groups is 1. The summed E-state index contributed by atoms with van der Waals surface area (Å²) >= 11 is 1.25. The second-order valence-corrected chi connectivity index (χ2v) is 5.22. The number of rotatable bonds is 8. The third-order valence-corrected chi connectivity index (χ3v) is 3.40. The summed E-state index contributed by atoms with van der Waals surface area (Å²) in [5, 5.41) is 4.47. The first kappa shape index (κ1) is 16.7. The Hall–Kier alpha value is -2.67. The lowest BCUT2D eigenvalue weighted by atomic mass is 10.2. The molecule has 1 aromatic heterocycles. The second-order valence-electron chi connectivity index (χ2n) is 4.28. The number of nitrogens with one attached hydrogen (secondary N) is 1. The second kappa shape index (κ2) is 9.37. The average Bonchev–Trinajstić information content (AvgIpc) is 2.60. The van der Waals surface area contributed by atoms with Gasteiger partial charge in [0, 0.05) is 12.4 Å². The molecule has 0 fully saturated rings. The minimum atomic E-state index is -0.218. The number of carbonyl (C=O) groups excluding carboxylic acids is 1. The molecule has 0 atom stereocenters. The van der Waals surface area contributed by atoms with Crippen molar-refractivity contribution in [3.63, 3.8) is 0 Å². The van der Waals surface area contributed by atoms with E-state index in [1.165, 1.54) is 11.8 Å². The molecule has 2 rings (SSSR count). The number of hydrazone groups is 1. The maximum atomic E-state index is 11.6. The number of nitrogens with zero attached hydrogens (tertiary/aromatic N) is 3. The van der Waals surface area contributed by atoms with Crippen molar-refractivity contribution in [1.29, 1.82) is 0 Å². The Kier molecular flexibility index (Phi) is 6.80. The highest BCUT2D eigenvalue weighted by atomic mass is 32.2. The highest BCUT2D eigenvalue weighted by Crippen LogP contribution is 2.11. The third kappa shape index (κ3) is 6.31. The maximum Gasteiger partial charge on any atom is 0.250 e. The number of hydrogen-bond donors (Lipinski definition) is 1. The van der Waals surface area contributed by atoms with Crippen LogP contribution in [0.3, 0.4) is 0 Å². The van der Waals surface area contributed by atoms with Crippen LogP contribution in [0.2, 0.25) is 0 Å². The lowest BCUT2D eigenvalue weighted by Crippen LogP contribution is -2.19. The van der Waals surface area contributed by atoms with Gasteiger partial charge in [-0.25, -0.2) is 15.4 Å². The first-order chi connectivity index (χ1) is 11.3. The summed E-state index contributed by atoms with van der Waals surface area (Å²) in [6, 6.07) is 9.08. The van der Waals surface area contributed by atoms with Gasteiger partial charge in [-0.3, -0.25) is 4.79 Å². The predicted octanol–water partition coefficient (Wildman–Crippen LogP) is 2.28. The predicted molar refractivity (Wildman–Crippen MR) is 90.6 cm³/mol. The standard InChI is InChI=1S/C16H16N4O2S/c1-2-10-22-14-6-4-13(5-7-14)11-19-20-15(21)12-23-16-17-8-3-9-18-16/h2-9,11H,1,10,12H2,(H,20,21). The fraction of sp³-hybridized carbons (Fsp3) is 0.125. The molecule has 0 unspecified atom stereocenters. The quantitative estimate of drug-likeness (QED) is 0.264. The molecule has 6 nitrogen and oxygen atoms in total. The zero-order chi connectivity index (χ0) is 16.3. The Morgan fingerprint density at radius 3 is 2.74 bits per heavy atom. The van der Waals surface area contributed by atoms with Crippen LogP contribution in [0.1, 0.15) is 5.56 Å². The Morgan fingerprint density at radius 1 is 1.30 bits per heavy atom. The summed E-state index contributed by atoms with van der Waals surface area (Å²) in [6.45, 7) is 4.05. The largest absolute Gasteiger partial charge is 0.490 e. The number of carbonyl (C=O) groups is 1. The van der Waals surface area contributed by atoms with Gasteiger partial charge in [0.2, 0.25) is 0 Å². The number of hydrogen-bond acceptors (Lipinski definition) is 6. The molecule has 23 heavy (non-hydrogen) atoms. The van der Waals surface area contributed by atoms with Gasteiger partial charge in [-0.15, -0.1) is 0 Å². The van der Waals surface area contributed by atoms with Crippen LogP contribution in [-0.4, -0.2) is 34.4 Å². The van der Waals surface area contributed by atoms with Gasteiger partial charge in [0.15, 0.2) is 5.16 Å². The van der Waals surface area contributed by atoms with Crippen molar-refractivity contribution in [2.24, 2.45) is 5.10 Å². The number of aromatic nitrogens is 2. The van der Waals surface area contributed by atoms with Gasteiger partial charge in [-0.2, -0.15) is 5.10 Å². The van der Waals surface area contributed by atoms with Gasteiger partial charge < -0.3 is 4.74 Å². The molecule has 118 valence electrons. The van der Waals surface area contributed by atoms with Crippen LogP contribution in [0.4, 0.5) is 0 Å². The summed E-state index contributed by atoms with van der Waals surface area (Å²) < 4.78 is 5.38. The van der Waals surface area contributed by atoms with Crippen LogP contribution in [-0.2, 0) is 4.79 Å². The van der Waals surface area contributed by atoms with Crippen LogP contribution in [0, 0.1) is 0 Å². The molecule has 2 aromatic rings. The van der Waals surface area contributed by atoms with Crippen LogP contribution >= 0.6 is 11.8 Å². The van der Waals surface area contributed by atoms with E-state index in [9.17, 15) is 4.79 Å². The van der Waals surface area contributed by atoms with E-state index in [0.29, 0.717) is 11.8 Å². The highest BCUT2D eigenvalue weighted by molar-refractivity contribution is 7.99. The van der Waals surface area contributed by atoms with Crippen LogP contribution < -0.4 is 10.2 Å². The van der Waals surface area contributed by atoms with Gasteiger partial charge >= 0.3 is 0 Å². The van der Waals surface area contributed by atoms with E-state index in [-0.39, 0.29) is 11.7 Å². The summed E-state index contributed by atoms with van der Waals surface area (Å²) in [6.07, 6.45) is 6.52. The minimum Gasteiger partial charge on any atom is -0.490 e. The summed E-state index contributed by atoms with van der Waals surface area (Å²) in [5.41, 5.74) is 3.32. The van der Waals surface area contributed by atoms with Crippen molar-refractivity contribution in [2.45, 2.75) is 5.16 Å². The van der Waals surface area contributed by atoms with Crippen molar-refractivity contribution >= 4 is 23.9 Å². The van der Waals surface area contributed by atoms with E-state index in [4.69, 9.17) is 4.74 Å². The zero-order valence-electron chi connectivity index (χ0n) is 12.4. The minimum absolute atomic E-state index is 0.204. The van der Waals surface area contributed by atoms with Gasteiger partial charge in [0.25, 0.3) is 5.91 Å². The van der Waals surface area contributed by atoms with Crippen LogP contribution in [0.15, 0.2) is 65.6 Å². The summed E-state index contributed by atoms with van der Waals surface area (Å²) in [7, 11) is 0. The number of benzene rings is 1. The van der Waals surface area contributed by atoms with E-state index >= 15 is 0 Å². The molecule has 0 bridgehead atoms. The topological polar surface area (TPSA) is 76.5 Å². The lowest BCUT2D eigenvalue weighted by Gasteiger charge is -2.02. The summed E-state index contributed by atoms with van der Waals surface area (Å²) in [4.78, 5) is 19.7. The summed E-state index contributed by atoms with van der Waals surface area (Å²) in [5.74, 6) is 0.741. The van der Waals surface area contributed by atoms with Crippen molar-refractivity contribution in [2.75, 3.05) is 12.4 Å². The monoisotopic (exact) mass is 328 g/mol. The van der Waals surface area contributed by atoms with E-state index < -0.39 is 0 Å². The molecule has 0 aliphatic heterocycles. The molecule has 0 saturated heterocycles. The van der Waals surface area contributed by atoms with Gasteiger partial charge in [0.05, 0.1) is 12.0 Å². The van der Waals surface area contributed by atoms with Crippen molar-refractivity contribution in [3.8, 4) is 5.75 Å². The molecule has 7 heteroatoms. The molecule has 0 spiro atoms. The molecular weight excluding hydrogens is 312 g/mol. The normalized spacial score (nSPS) is 10.4. The van der Waals surface area contributed by atoms with Crippen LogP contribution in [0.5, 0.6) is 5.75 Å². The van der Waals surface area contributed by atoms with E-state index in [1.54, 1.807) is 30.8 Å². The van der Waals surface area contributed by atoms with Gasteiger partial charge in [0.1, 0.15) is 12.4 Å². The SMILES string of the molecule is C=CCOc1ccc(C=NNC(=O)CSc2ncccn2)cc1. The maximum absolute atomic E-state index is 11.6. The zero-order valence-corrected chi connectivity index (χ0v) is 13.2. The Morgan fingerprint density at radius 2 is 2.04 bits per heavy atom. The molecule has 1 N–H and O–H groups in total. The molecule has 1 amide bonds. The first-order valence-corrected chi connectivity index (χ1v) is 7.82. The molecule has 0 radical (unpaired) electrons.